The smallest absolute Gasteiger partial charge is 0.305 e. The standard InChI is InChI=1S/C35H70O10/c1-3-5-7-8-9-10-11-12-13-14-16-18-37-19-20-38-21-22-39-23-24-40-25-26-41-27-28-42-29-30-43-31-32-44-33-34-45-35(36)17-15-6-4-2/h3-34H2,1-2H3. The SMILES string of the molecule is CCCCCCCCCCCCCOCCOCCOCCOCCOCCOCCOCCOCCOC(=O)CCCCC. The second-order valence-electron chi connectivity index (χ2n) is 11.1. The maximum atomic E-state index is 11.5. The molecule has 0 rings (SSSR count). The van der Waals surface area contributed by atoms with Crippen LogP contribution in [0.15, 0.2) is 0 Å². The first-order valence-corrected chi connectivity index (χ1v) is 18.1. The zero-order chi connectivity index (χ0) is 32.6. The second kappa shape index (κ2) is 41.2. The van der Waals surface area contributed by atoms with Gasteiger partial charge in [0.1, 0.15) is 6.61 Å². The molecule has 0 aliphatic heterocycles. The first-order chi connectivity index (χ1) is 22.3. The van der Waals surface area contributed by atoms with Crippen molar-refractivity contribution in [3.8, 4) is 0 Å². The zero-order valence-electron chi connectivity index (χ0n) is 29.2. The molecule has 0 bridgehead atoms. The van der Waals surface area contributed by atoms with Gasteiger partial charge in [0.25, 0.3) is 0 Å². The van der Waals surface area contributed by atoms with Crippen LogP contribution in [-0.2, 0) is 47.4 Å². The summed E-state index contributed by atoms with van der Waals surface area (Å²) in [5, 5.41) is 0. The first-order valence-electron chi connectivity index (χ1n) is 18.1. The summed E-state index contributed by atoms with van der Waals surface area (Å²) in [6, 6.07) is 0. The van der Waals surface area contributed by atoms with Gasteiger partial charge in [-0.15, -0.1) is 0 Å². The van der Waals surface area contributed by atoms with E-state index in [1.165, 1.54) is 64.2 Å². The number of unbranched alkanes of at least 4 members (excludes halogenated alkanes) is 12. The van der Waals surface area contributed by atoms with Crippen molar-refractivity contribution in [2.45, 2.75) is 110 Å². The van der Waals surface area contributed by atoms with Crippen molar-refractivity contribution < 1.29 is 47.4 Å². The molecule has 0 saturated carbocycles. The van der Waals surface area contributed by atoms with E-state index in [0.717, 1.165) is 32.3 Å². The highest BCUT2D eigenvalue weighted by atomic mass is 16.6. The number of hydrogen-bond acceptors (Lipinski definition) is 10. The van der Waals surface area contributed by atoms with Crippen molar-refractivity contribution in [1.82, 2.24) is 0 Å². The maximum absolute atomic E-state index is 11.5. The van der Waals surface area contributed by atoms with E-state index in [1.54, 1.807) is 0 Å². The number of hydrogen-bond donors (Lipinski definition) is 0. The fraction of sp³-hybridized carbons (Fsp3) is 0.971. The summed E-state index contributed by atoms with van der Waals surface area (Å²) in [4.78, 5) is 11.5. The van der Waals surface area contributed by atoms with Crippen LogP contribution in [0.3, 0.4) is 0 Å². The quantitative estimate of drug-likeness (QED) is 0.0536. The van der Waals surface area contributed by atoms with Crippen LogP contribution in [0.25, 0.3) is 0 Å². The highest BCUT2D eigenvalue weighted by Gasteiger charge is 2.02. The summed E-state index contributed by atoms with van der Waals surface area (Å²) in [6.07, 6.45) is 18.4. The van der Waals surface area contributed by atoms with Crippen LogP contribution in [0, 0.1) is 0 Å². The average molecular weight is 651 g/mol. The Morgan fingerprint density at radius 3 is 0.933 bits per heavy atom. The van der Waals surface area contributed by atoms with Crippen LogP contribution >= 0.6 is 0 Å². The van der Waals surface area contributed by atoms with Crippen LogP contribution in [0.1, 0.15) is 110 Å². The molecule has 0 spiro atoms. The predicted molar refractivity (Wildman–Crippen MR) is 178 cm³/mol. The fourth-order valence-corrected chi connectivity index (χ4v) is 4.32. The first kappa shape index (κ1) is 44.1. The lowest BCUT2D eigenvalue weighted by Crippen LogP contribution is -2.15. The minimum Gasteiger partial charge on any atom is -0.463 e. The normalized spacial score (nSPS) is 11.4. The van der Waals surface area contributed by atoms with Gasteiger partial charge in [0, 0.05) is 13.0 Å². The van der Waals surface area contributed by atoms with Crippen molar-refractivity contribution >= 4 is 5.97 Å². The van der Waals surface area contributed by atoms with Gasteiger partial charge < -0.3 is 42.6 Å². The summed E-state index contributed by atoms with van der Waals surface area (Å²) in [6.45, 7) is 13.4. The molecule has 270 valence electrons. The molecule has 0 unspecified atom stereocenters. The van der Waals surface area contributed by atoms with Crippen molar-refractivity contribution in [1.29, 1.82) is 0 Å². The van der Waals surface area contributed by atoms with Crippen molar-refractivity contribution in [2.75, 3.05) is 112 Å². The molecule has 10 nitrogen and oxygen atoms in total. The Bertz CT molecular complexity index is 553. The molecule has 0 aliphatic rings. The highest BCUT2D eigenvalue weighted by molar-refractivity contribution is 5.69. The minimum atomic E-state index is -0.152. The summed E-state index contributed by atoms with van der Waals surface area (Å²) in [5.41, 5.74) is 0. The molecule has 10 heteroatoms. The minimum absolute atomic E-state index is 0.152. The van der Waals surface area contributed by atoms with Crippen LogP contribution in [0.2, 0.25) is 0 Å². The van der Waals surface area contributed by atoms with E-state index in [-0.39, 0.29) is 5.97 Å². The van der Waals surface area contributed by atoms with Gasteiger partial charge in [-0.05, 0) is 12.8 Å². The van der Waals surface area contributed by atoms with Gasteiger partial charge in [-0.25, -0.2) is 0 Å². The van der Waals surface area contributed by atoms with Crippen molar-refractivity contribution in [3.63, 3.8) is 0 Å². The lowest BCUT2D eigenvalue weighted by molar-refractivity contribution is -0.145. The van der Waals surface area contributed by atoms with Gasteiger partial charge in [0.05, 0.1) is 99.1 Å². The van der Waals surface area contributed by atoms with Crippen molar-refractivity contribution in [2.24, 2.45) is 0 Å². The Morgan fingerprint density at radius 1 is 0.311 bits per heavy atom. The molecule has 0 aromatic carbocycles. The monoisotopic (exact) mass is 650 g/mol. The lowest BCUT2D eigenvalue weighted by atomic mass is 10.1. The molecule has 45 heavy (non-hydrogen) atoms. The summed E-state index contributed by atoms with van der Waals surface area (Å²) in [7, 11) is 0. The van der Waals surface area contributed by atoms with Gasteiger partial charge in [0.15, 0.2) is 0 Å². The summed E-state index contributed by atoms with van der Waals surface area (Å²) in [5.74, 6) is -0.152. The molecule has 0 saturated heterocycles. The number of carbonyl (C=O) groups is 1. The molecular weight excluding hydrogens is 580 g/mol. The lowest BCUT2D eigenvalue weighted by Gasteiger charge is -2.09. The molecular formula is C35H70O10. The topological polar surface area (TPSA) is 100 Å². The number of ether oxygens (including phenoxy) is 9. The molecule has 0 radical (unpaired) electrons. The number of esters is 1. The molecule has 0 heterocycles. The van der Waals surface area contributed by atoms with Crippen LogP contribution in [0.5, 0.6) is 0 Å². The zero-order valence-corrected chi connectivity index (χ0v) is 29.2. The van der Waals surface area contributed by atoms with E-state index < -0.39 is 0 Å². The van der Waals surface area contributed by atoms with E-state index in [4.69, 9.17) is 42.6 Å². The van der Waals surface area contributed by atoms with E-state index in [2.05, 4.69) is 13.8 Å². The summed E-state index contributed by atoms with van der Waals surface area (Å²) < 4.78 is 49.1. The molecule has 0 fully saturated rings. The van der Waals surface area contributed by atoms with Crippen LogP contribution in [-0.4, -0.2) is 118 Å². The van der Waals surface area contributed by atoms with Gasteiger partial charge in [-0.2, -0.15) is 0 Å². The molecule has 0 aromatic heterocycles. The van der Waals surface area contributed by atoms with Crippen molar-refractivity contribution in [3.05, 3.63) is 0 Å². The van der Waals surface area contributed by atoms with Gasteiger partial charge in [-0.1, -0.05) is 90.9 Å². The van der Waals surface area contributed by atoms with E-state index in [0.29, 0.717) is 112 Å². The average Bonchev–Trinajstić information content (AvgIpc) is 3.04. The Hall–Kier alpha value is -0.850. The Kier molecular flexibility index (Phi) is 40.4. The van der Waals surface area contributed by atoms with Crippen LogP contribution < -0.4 is 0 Å². The fourth-order valence-electron chi connectivity index (χ4n) is 4.32. The molecule has 0 amide bonds. The molecule has 0 aliphatic carbocycles. The predicted octanol–water partition coefficient (Wildman–Crippen LogP) is 6.55. The second-order valence-corrected chi connectivity index (χ2v) is 11.1. The van der Waals surface area contributed by atoms with E-state index in [1.807, 2.05) is 0 Å². The number of carbonyl (C=O) groups excluding carboxylic acids is 1. The molecule has 0 N–H and O–H groups in total. The van der Waals surface area contributed by atoms with Gasteiger partial charge in [0.2, 0.25) is 0 Å². The highest BCUT2D eigenvalue weighted by Crippen LogP contribution is 2.11. The summed E-state index contributed by atoms with van der Waals surface area (Å²) >= 11 is 0. The molecule has 0 aromatic rings. The third kappa shape index (κ3) is 41.1. The number of rotatable bonds is 40. The van der Waals surface area contributed by atoms with Gasteiger partial charge in [-0.3, -0.25) is 4.79 Å². The third-order valence-corrected chi connectivity index (χ3v) is 6.97. The molecule has 0 atom stereocenters. The van der Waals surface area contributed by atoms with Crippen LogP contribution in [0.4, 0.5) is 0 Å². The largest absolute Gasteiger partial charge is 0.463 e. The Balaban J connectivity index is 3.07. The Labute approximate surface area is 275 Å². The van der Waals surface area contributed by atoms with E-state index in [9.17, 15) is 4.79 Å². The Morgan fingerprint density at radius 2 is 0.578 bits per heavy atom. The van der Waals surface area contributed by atoms with Gasteiger partial charge >= 0.3 is 5.97 Å². The third-order valence-electron chi connectivity index (χ3n) is 6.97. The maximum Gasteiger partial charge on any atom is 0.305 e. The van der Waals surface area contributed by atoms with E-state index >= 15 is 0 Å².